The molecule has 0 aromatic heterocycles. The Kier molecular flexibility index (Phi) is 3.72. The zero-order valence-corrected chi connectivity index (χ0v) is 11.8. The minimum atomic E-state index is -1.27. The zero-order valence-electron chi connectivity index (χ0n) is 11.8. The summed E-state index contributed by atoms with van der Waals surface area (Å²) in [6, 6.07) is 8.49. The molecule has 1 heterocycles. The van der Waals surface area contributed by atoms with Gasteiger partial charge in [0.25, 0.3) is 0 Å². The van der Waals surface area contributed by atoms with Crippen molar-refractivity contribution in [3.8, 4) is 0 Å². The van der Waals surface area contributed by atoms with Crippen LogP contribution in [0.4, 0.5) is 0 Å². The Morgan fingerprint density at radius 1 is 1.32 bits per heavy atom. The molecule has 6 heteroatoms. The Morgan fingerprint density at radius 2 is 2.05 bits per heavy atom. The van der Waals surface area contributed by atoms with Gasteiger partial charge in [-0.15, -0.1) is 0 Å². The van der Waals surface area contributed by atoms with Crippen LogP contribution in [0.1, 0.15) is 16.8 Å². The third kappa shape index (κ3) is 2.20. The van der Waals surface area contributed by atoms with Crippen LogP contribution in [0, 0.1) is 5.92 Å². The first-order chi connectivity index (χ1) is 10.6. The van der Waals surface area contributed by atoms with E-state index in [1.165, 1.54) is 0 Å². The number of fused-ring (bicyclic) bond motifs is 1. The van der Waals surface area contributed by atoms with Crippen LogP contribution in [-0.2, 0) is 14.3 Å². The molecule has 1 fully saturated rings. The number of hydrogen-bond acceptors (Lipinski definition) is 6. The van der Waals surface area contributed by atoms with Gasteiger partial charge in [-0.1, -0.05) is 18.2 Å². The van der Waals surface area contributed by atoms with Gasteiger partial charge in [-0.05, 0) is 18.2 Å². The lowest BCUT2D eigenvalue weighted by Gasteiger charge is -2.29. The predicted molar refractivity (Wildman–Crippen MR) is 74.8 cm³/mol. The van der Waals surface area contributed by atoms with Gasteiger partial charge in [0.1, 0.15) is 6.10 Å². The van der Waals surface area contributed by atoms with Crippen LogP contribution in [0.2, 0.25) is 0 Å². The largest absolute Gasteiger partial charge is 0.454 e. The average Bonchev–Trinajstić information content (AvgIpc) is 3.02. The second-order valence-electron chi connectivity index (χ2n) is 5.42. The third-order valence-corrected chi connectivity index (χ3v) is 4.24. The van der Waals surface area contributed by atoms with Gasteiger partial charge in [0.15, 0.2) is 5.60 Å². The molecular weight excluding hydrogens is 288 g/mol. The number of hydrogen-bond donors (Lipinski definition) is 2. The van der Waals surface area contributed by atoms with Crippen LogP contribution in [0.25, 0.3) is 0 Å². The molecule has 0 bridgehead atoms. The van der Waals surface area contributed by atoms with Gasteiger partial charge in [-0.3, -0.25) is 4.79 Å². The third-order valence-electron chi connectivity index (χ3n) is 4.24. The van der Waals surface area contributed by atoms with Crippen LogP contribution >= 0.6 is 0 Å². The lowest BCUT2D eigenvalue weighted by atomic mass is 9.86. The second kappa shape index (κ2) is 5.55. The number of carbonyl (C=O) groups excluding carboxylic acids is 2. The summed E-state index contributed by atoms with van der Waals surface area (Å²) < 4.78 is 10.7. The molecule has 3 rings (SSSR count). The van der Waals surface area contributed by atoms with Crippen LogP contribution in [0.15, 0.2) is 42.0 Å². The van der Waals surface area contributed by atoms with Crippen molar-refractivity contribution < 1.29 is 29.3 Å². The van der Waals surface area contributed by atoms with E-state index in [0.717, 1.165) is 0 Å². The number of benzene rings is 1. The summed E-state index contributed by atoms with van der Waals surface area (Å²) in [6.45, 7) is -0.821. The van der Waals surface area contributed by atoms with E-state index < -0.39 is 36.2 Å². The molecule has 2 N–H and O–H groups in total. The predicted octanol–water partition coefficient (Wildman–Crippen LogP) is 0.438. The van der Waals surface area contributed by atoms with Gasteiger partial charge in [0, 0.05) is 5.57 Å². The van der Waals surface area contributed by atoms with Crippen molar-refractivity contribution in [2.75, 3.05) is 13.2 Å². The van der Waals surface area contributed by atoms with E-state index in [4.69, 9.17) is 9.47 Å². The molecule has 6 nitrogen and oxygen atoms in total. The fraction of sp³-hybridized carbons (Fsp3) is 0.375. The smallest absolute Gasteiger partial charge is 0.338 e. The number of ether oxygens (including phenoxy) is 2. The Bertz CT molecular complexity index is 623. The zero-order chi connectivity index (χ0) is 15.7. The maximum atomic E-state index is 12.2. The minimum absolute atomic E-state index is 0.0350. The minimum Gasteiger partial charge on any atom is -0.454 e. The molecule has 0 radical (unpaired) electrons. The number of aliphatic hydroxyl groups is 2. The lowest BCUT2D eigenvalue weighted by Crippen LogP contribution is -2.42. The van der Waals surface area contributed by atoms with E-state index in [-0.39, 0.29) is 13.0 Å². The quantitative estimate of drug-likeness (QED) is 0.619. The monoisotopic (exact) mass is 304 g/mol. The molecule has 22 heavy (non-hydrogen) atoms. The topological polar surface area (TPSA) is 93.1 Å². The van der Waals surface area contributed by atoms with Gasteiger partial charge >= 0.3 is 11.9 Å². The highest BCUT2D eigenvalue weighted by Gasteiger charge is 2.59. The van der Waals surface area contributed by atoms with Gasteiger partial charge in [-0.25, -0.2) is 4.79 Å². The molecule has 116 valence electrons. The molecule has 1 saturated heterocycles. The molecule has 2 aliphatic rings. The second-order valence-corrected chi connectivity index (χ2v) is 5.42. The highest BCUT2D eigenvalue weighted by atomic mass is 16.6. The highest BCUT2D eigenvalue weighted by Crippen LogP contribution is 2.47. The van der Waals surface area contributed by atoms with Crippen LogP contribution in [0.5, 0.6) is 0 Å². The van der Waals surface area contributed by atoms with Gasteiger partial charge in [0.2, 0.25) is 0 Å². The van der Waals surface area contributed by atoms with Crippen molar-refractivity contribution in [3.05, 3.63) is 47.5 Å². The van der Waals surface area contributed by atoms with Crippen molar-refractivity contribution in [3.63, 3.8) is 0 Å². The Labute approximate surface area is 127 Å². The van der Waals surface area contributed by atoms with Crippen LogP contribution in [-0.4, -0.2) is 47.1 Å². The van der Waals surface area contributed by atoms with Crippen molar-refractivity contribution in [1.82, 2.24) is 0 Å². The number of aliphatic hydroxyl groups excluding tert-OH is 2. The van der Waals surface area contributed by atoms with Gasteiger partial charge in [-0.2, -0.15) is 0 Å². The first-order valence-corrected chi connectivity index (χ1v) is 7.01. The maximum Gasteiger partial charge on any atom is 0.338 e. The summed E-state index contributed by atoms with van der Waals surface area (Å²) in [5.41, 5.74) is -0.502. The summed E-state index contributed by atoms with van der Waals surface area (Å²) in [5, 5.41) is 19.1. The van der Waals surface area contributed by atoms with Gasteiger partial charge < -0.3 is 19.7 Å². The molecule has 1 aliphatic heterocycles. The summed E-state index contributed by atoms with van der Waals surface area (Å²) in [4.78, 5) is 23.8. The van der Waals surface area contributed by atoms with E-state index in [1.807, 2.05) is 0 Å². The number of carbonyl (C=O) groups is 2. The lowest BCUT2D eigenvalue weighted by molar-refractivity contribution is -0.149. The van der Waals surface area contributed by atoms with Crippen LogP contribution < -0.4 is 0 Å². The molecular formula is C16H16O6. The Balaban J connectivity index is 1.84. The first kappa shape index (κ1) is 14.7. The highest BCUT2D eigenvalue weighted by molar-refractivity contribution is 5.89. The molecule has 1 aliphatic carbocycles. The molecule has 1 aromatic rings. The fourth-order valence-corrected chi connectivity index (χ4v) is 3.13. The molecule has 0 spiro atoms. The summed E-state index contributed by atoms with van der Waals surface area (Å²) in [5.74, 6) is -1.51. The van der Waals surface area contributed by atoms with Crippen LogP contribution in [0.3, 0.4) is 0 Å². The fourth-order valence-electron chi connectivity index (χ4n) is 3.13. The maximum absolute atomic E-state index is 12.2. The summed E-state index contributed by atoms with van der Waals surface area (Å²) >= 11 is 0. The van der Waals surface area contributed by atoms with E-state index >= 15 is 0 Å². The summed E-state index contributed by atoms with van der Waals surface area (Å²) in [6.07, 6.45) is 0.884. The molecule has 1 aromatic carbocycles. The number of esters is 2. The average molecular weight is 304 g/mol. The van der Waals surface area contributed by atoms with Crippen molar-refractivity contribution >= 4 is 11.9 Å². The van der Waals surface area contributed by atoms with Gasteiger partial charge in [0.05, 0.1) is 31.1 Å². The number of rotatable bonds is 4. The van der Waals surface area contributed by atoms with E-state index in [9.17, 15) is 19.8 Å². The molecule has 0 unspecified atom stereocenters. The van der Waals surface area contributed by atoms with E-state index in [1.54, 1.807) is 36.4 Å². The van der Waals surface area contributed by atoms with Crippen molar-refractivity contribution in [2.24, 2.45) is 5.92 Å². The standard InChI is InChI=1S/C16H16O6/c17-8-11-6-13(12-7-14(19)22-16(11,12)9-18)21-15(20)10-4-2-1-3-5-10/h1-6,12-13,17-18H,7-9H2/t12-,13+,16+/m0/s1. The Hall–Kier alpha value is -2.18. The molecule has 3 atom stereocenters. The molecule has 0 amide bonds. The normalized spacial score (nSPS) is 29.7. The summed E-state index contributed by atoms with van der Waals surface area (Å²) in [7, 11) is 0. The van der Waals surface area contributed by atoms with E-state index in [2.05, 4.69) is 0 Å². The first-order valence-electron chi connectivity index (χ1n) is 7.01. The van der Waals surface area contributed by atoms with Crippen molar-refractivity contribution in [1.29, 1.82) is 0 Å². The van der Waals surface area contributed by atoms with Crippen molar-refractivity contribution in [2.45, 2.75) is 18.1 Å². The SMILES string of the molecule is O=C1C[C@H]2[C@H](OC(=O)c3ccccc3)C=C(CO)[C@@]2(CO)O1. The van der Waals surface area contributed by atoms with E-state index in [0.29, 0.717) is 11.1 Å². The Morgan fingerprint density at radius 3 is 2.68 bits per heavy atom. The molecule has 0 saturated carbocycles.